The maximum atomic E-state index is 13.1. The number of hydrogen-bond acceptors (Lipinski definition) is 7. The third kappa shape index (κ3) is 9.23. The third-order valence-electron chi connectivity index (χ3n) is 6.63. The van der Waals surface area contributed by atoms with Crippen LogP contribution in [0.4, 0.5) is 0 Å². The van der Waals surface area contributed by atoms with Gasteiger partial charge in [0, 0.05) is 71.4 Å². The molecule has 0 aliphatic carbocycles. The number of aryl methyl sites for hydroxylation is 1. The average Bonchev–Trinajstić information content (AvgIpc) is 3.46. The largest absolute Gasteiger partial charge is 0.437 e. The molecule has 230 valence electrons. The van der Waals surface area contributed by atoms with Gasteiger partial charge in [0.25, 0.3) is 0 Å². The lowest BCUT2D eigenvalue weighted by Crippen LogP contribution is -2.27. The Morgan fingerprint density at radius 2 is 1.83 bits per heavy atom. The van der Waals surface area contributed by atoms with E-state index in [0.717, 1.165) is 69.9 Å². The molecule has 0 spiro atoms. The molecule has 4 heterocycles. The van der Waals surface area contributed by atoms with Crippen LogP contribution in [0.25, 0.3) is 5.57 Å². The van der Waals surface area contributed by atoms with E-state index in [9.17, 15) is 4.21 Å². The summed E-state index contributed by atoms with van der Waals surface area (Å²) in [4.78, 5) is 10.4. The fourth-order valence-electron chi connectivity index (χ4n) is 4.71. The minimum Gasteiger partial charge on any atom is -0.437 e. The van der Waals surface area contributed by atoms with Crippen molar-refractivity contribution < 1.29 is 8.95 Å². The maximum absolute atomic E-state index is 13.1. The highest BCUT2D eigenvalue weighted by atomic mass is 127. The quantitative estimate of drug-likeness (QED) is 0.174. The maximum Gasteiger partial charge on any atom is 0.237 e. The van der Waals surface area contributed by atoms with Crippen LogP contribution in [0.2, 0.25) is 0 Å². The Morgan fingerprint density at radius 1 is 1.10 bits per heavy atom. The Bertz CT molecular complexity index is 1310. The number of rotatable bonds is 9. The van der Waals surface area contributed by atoms with Gasteiger partial charge < -0.3 is 10.1 Å². The van der Waals surface area contributed by atoms with Gasteiger partial charge in [-0.3, -0.25) is 13.3 Å². The first-order valence-corrected chi connectivity index (χ1v) is 20.2. The monoisotopic (exact) mass is 741 g/mol. The van der Waals surface area contributed by atoms with Crippen molar-refractivity contribution in [3.8, 4) is 11.6 Å². The Morgan fingerprint density at radius 3 is 2.48 bits per heavy atom. The molecule has 1 N–H and O–H groups in total. The van der Waals surface area contributed by atoms with E-state index in [1.54, 1.807) is 22.3 Å². The number of halogens is 1. The lowest BCUT2D eigenvalue weighted by atomic mass is 9.93. The normalized spacial score (nSPS) is 16.4. The molecule has 0 amide bonds. The molecule has 1 atom stereocenters. The molecule has 11 heteroatoms. The summed E-state index contributed by atoms with van der Waals surface area (Å²) in [6.45, 7) is 12.6. The predicted octanol–water partition coefficient (Wildman–Crippen LogP) is 8.76. The van der Waals surface area contributed by atoms with E-state index >= 15 is 0 Å². The van der Waals surface area contributed by atoms with E-state index in [0.29, 0.717) is 11.6 Å². The molecular formula is C31H44IN5O2S3. The number of nitrogens with zero attached hydrogens (tertiary/aromatic N) is 4. The Balaban J connectivity index is 0.000000910. The second-order valence-corrected chi connectivity index (χ2v) is 14.3. The van der Waals surface area contributed by atoms with Crippen LogP contribution in [0.1, 0.15) is 77.1 Å². The van der Waals surface area contributed by atoms with E-state index in [2.05, 4.69) is 69.4 Å². The Hall–Kier alpha value is -1.54. The number of thioether (sulfide) groups is 1. The summed E-state index contributed by atoms with van der Waals surface area (Å²) in [5.41, 5.74) is 3.86. The van der Waals surface area contributed by atoms with Gasteiger partial charge in [0.15, 0.2) is 11.0 Å². The second kappa shape index (κ2) is 18.3. The molecule has 7 nitrogen and oxygen atoms in total. The zero-order chi connectivity index (χ0) is 30.5. The molecule has 2 aliphatic rings. The summed E-state index contributed by atoms with van der Waals surface area (Å²) in [6.07, 6.45) is 13.3. The second-order valence-electron chi connectivity index (χ2n) is 9.75. The van der Waals surface area contributed by atoms with Crippen LogP contribution in [0.5, 0.6) is 11.6 Å². The smallest absolute Gasteiger partial charge is 0.237 e. The van der Waals surface area contributed by atoms with Crippen molar-refractivity contribution in [2.45, 2.75) is 76.6 Å². The summed E-state index contributed by atoms with van der Waals surface area (Å²) < 4.78 is 23.1. The molecule has 1 unspecified atom stereocenters. The molecule has 1 fully saturated rings. The van der Waals surface area contributed by atoms with Crippen LogP contribution in [0.15, 0.2) is 59.0 Å². The van der Waals surface area contributed by atoms with Crippen LogP contribution >= 0.6 is 42.1 Å². The zero-order valence-electron chi connectivity index (χ0n) is 25.6. The predicted molar refractivity (Wildman–Crippen MR) is 189 cm³/mol. The van der Waals surface area contributed by atoms with Crippen molar-refractivity contribution >= 4 is 58.6 Å². The van der Waals surface area contributed by atoms with Gasteiger partial charge in [-0.2, -0.15) is 0 Å². The van der Waals surface area contributed by atoms with Crippen LogP contribution in [-0.4, -0.2) is 48.3 Å². The number of hydrogen-bond donors (Lipinski definition) is 1. The molecule has 0 bridgehead atoms. The number of benzene rings is 1. The van der Waals surface area contributed by atoms with Crippen molar-refractivity contribution in [3.05, 3.63) is 65.9 Å². The molecule has 0 saturated carbocycles. The molecule has 5 rings (SSSR count). The first kappa shape index (κ1) is 34.9. The van der Waals surface area contributed by atoms with Gasteiger partial charge in [0.2, 0.25) is 5.88 Å². The zero-order valence-corrected chi connectivity index (χ0v) is 30.2. The topological polar surface area (TPSA) is 72.3 Å². The highest BCUT2D eigenvalue weighted by molar-refractivity contribution is 14.2. The van der Waals surface area contributed by atoms with Gasteiger partial charge in [0.05, 0.1) is 18.1 Å². The van der Waals surface area contributed by atoms with E-state index in [1.807, 2.05) is 55.6 Å². The van der Waals surface area contributed by atoms with Crippen molar-refractivity contribution in [2.24, 2.45) is 5.92 Å². The van der Waals surface area contributed by atoms with Crippen LogP contribution < -0.4 is 10.1 Å². The molecule has 1 saturated heterocycles. The molecule has 2 aromatic heterocycles. The molecule has 1 aromatic carbocycles. The minimum atomic E-state index is -1.27. The standard InChI is InChI=1S/C26H30IN5O2S3.C3H8.C2H6/c1-3-35-20-6-7-24(34-25-16-29-19(15-30-25)5-4-18-8-11-28-12-9-18)22(14-20)23-17-31(2)37(33)26-21(23)10-13-32(26)36-27;1-3-2;1-2/h6-7,10,13-18,28H,3-5,8-9,11-12H2,1-2H3;3H2,1-2H3;1-2H3. The first-order chi connectivity index (χ1) is 20.5. The molecular weight excluding hydrogens is 697 g/mol. The molecule has 2 aliphatic heterocycles. The first-order valence-electron chi connectivity index (χ1n) is 14.8. The lowest BCUT2D eigenvalue weighted by molar-refractivity contribution is 0.353. The van der Waals surface area contributed by atoms with E-state index in [-0.39, 0.29) is 0 Å². The van der Waals surface area contributed by atoms with Gasteiger partial charge >= 0.3 is 0 Å². The SMILES string of the molecule is CC.CCC.CCSc1ccc(Oc2cnc(CCC3CCNCC3)cn2)c(C2=CN(C)S(=O)c3c2ccn3SI)c1. The Kier molecular flexibility index (Phi) is 15.2. The number of nitrogens with one attached hydrogen (secondary N) is 1. The highest BCUT2D eigenvalue weighted by Gasteiger charge is 2.29. The summed E-state index contributed by atoms with van der Waals surface area (Å²) >= 11 is 4.00. The van der Waals surface area contributed by atoms with Crippen molar-refractivity contribution in [1.29, 1.82) is 0 Å². The molecule has 42 heavy (non-hydrogen) atoms. The van der Waals surface area contributed by atoms with Crippen LogP contribution in [0, 0.1) is 5.92 Å². The fraction of sp³-hybridized carbons (Fsp3) is 0.484. The summed E-state index contributed by atoms with van der Waals surface area (Å²) in [5.74, 6) is 2.91. The average molecular weight is 742 g/mol. The van der Waals surface area contributed by atoms with Gasteiger partial charge in [-0.05, 0) is 74.7 Å². The molecule has 0 radical (unpaired) electrons. The fourth-order valence-corrected chi connectivity index (χ4v) is 8.42. The van der Waals surface area contributed by atoms with E-state index in [4.69, 9.17) is 4.74 Å². The third-order valence-corrected chi connectivity index (χ3v) is 10.7. The summed E-state index contributed by atoms with van der Waals surface area (Å²) in [5, 5.41) is 4.20. The minimum absolute atomic E-state index is 0.469. The van der Waals surface area contributed by atoms with Gasteiger partial charge in [-0.1, -0.05) is 41.0 Å². The summed E-state index contributed by atoms with van der Waals surface area (Å²) in [7, 11) is 2.08. The van der Waals surface area contributed by atoms with Crippen LogP contribution in [-0.2, 0) is 17.4 Å². The van der Waals surface area contributed by atoms with E-state index < -0.39 is 11.0 Å². The molecule has 3 aromatic rings. The van der Waals surface area contributed by atoms with Gasteiger partial charge in [-0.25, -0.2) is 9.19 Å². The van der Waals surface area contributed by atoms with Crippen molar-refractivity contribution in [1.82, 2.24) is 23.6 Å². The van der Waals surface area contributed by atoms with Crippen LogP contribution in [0.3, 0.4) is 0 Å². The van der Waals surface area contributed by atoms with Gasteiger partial charge in [-0.15, -0.1) is 11.8 Å². The summed E-state index contributed by atoms with van der Waals surface area (Å²) in [6, 6.07) is 8.25. The lowest BCUT2D eigenvalue weighted by Gasteiger charge is -2.24. The highest BCUT2D eigenvalue weighted by Crippen LogP contribution is 2.42. The number of aromatic nitrogens is 3. The van der Waals surface area contributed by atoms with E-state index in [1.165, 1.54) is 28.4 Å². The Labute approximate surface area is 275 Å². The number of piperidine rings is 1. The number of ether oxygens (including phenoxy) is 1. The van der Waals surface area contributed by atoms with Crippen molar-refractivity contribution in [2.75, 3.05) is 25.9 Å². The van der Waals surface area contributed by atoms with Crippen molar-refractivity contribution in [3.63, 3.8) is 0 Å². The van der Waals surface area contributed by atoms with Gasteiger partial charge in [0.1, 0.15) is 10.8 Å². The number of fused-ring (bicyclic) bond motifs is 1.